The molecular formula is C24H24N4O3S. The number of ether oxygens (including phenoxy) is 2. The van der Waals surface area contributed by atoms with E-state index >= 15 is 0 Å². The average Bonchev–Trinajstić information content (AvgIpc) is 3.47. The highest BCUT2D eigenvalue weighted by Gasteiger charge is 2.22. The minimum absolute atomic E-state index is 0.680. The molecule has 4 aromatic rings. The van der Waals surface area contributed by atoms with E-state index in [0.717, 1.165) is 58.0 Å². The number of para-hydroxylation sites is 1. The number of hydrogen-bond donors (Lipinski definition) is 0. The Bertz CT molecular complexity index is 1220. The first-order valence-electron chi connectivity index (χ1n) is 10.6. The molecule has 0 atom stereocenters. The Kier molecular flexibility index (Phi) is 5.85. The molecule has 164 valence electrons. The van der Waals surface area contributed by atoms with Crippen LogP contribution in [-0.2, 0) is 18.6 Å². The van der Waals surface area contributed by atoms with E-state index in [1.165, 1.54) is 18.4 Å². The Hall–Kier alpha value is -3.26. The van der Waals surface area contributed by atoms with Gasteiger partial charge in [-0.1, -0.05) is 29.1 Å². The van der Waals surface area contributed by atoms with Gasteiger partial charge in [-0.15, -0.1) is 10.2 Å². The first-order valence-corrected chi connectivity index (χ1v) is 11.6. The van der Waals surface area contributed by atoms with Gasteiger partial charge in [0.1, 0.15) is 17.3 Å². The number of rotatable bonds is 7. The third-order valence-electron chi connectivity index (χ3n) is 5.68. The summed E-state index contributed by atoms with van der Waals surface area (Å²) in [4.78, 5) is 0. The lowest BCUT2D eigenvalue weighted by Gasteiger charge is -2.13. The Labute approximate surface area is 190 Å². The molecule has 5 rings (SSSR count). The molecule has 0 saturated carbocycles. The SMILES string of the molecule is COc1ccc(-n2c(SCc3noc4c3CCCC4)nnc2-c2ccccc2OC)cc1. The van der Waals surface area contributed by atoms with Crippen LogP contribution in [0.15, 0.2) is 58.2 Å². The van der Waals surface area contributed by atoms with E-state index in [4.69, 9.17) is 14.0 Å². The van der Waals surface area contributed by atoms with Crippen molar-refractivity contribution in [3.8, 4) is 28.6 Å². The first kappa shape index (κ1) is 20.6. The minimum Gasteiger partial charge on any atom is -0.497 e. The summed E-state index contributed by atoms with van der Waals surface area (Å²) >= 11 is 1.61. The summed E-state index contributed by atoms with van der Waals surface area (Å²) in [5.74, 6) is 3.98. The summed E-state index contributed by atoms with van der Waals surface area (Å²) in [5.41, 5.74) is 4.10. The van der Waals surface area contributed by atoms with Crippen LogP contribution in [0.2, 0.25) is 0 Å². The number of thioether (sulfide) groups is 1. The van der Waals surface area contributed by atoms with Gasteiger partial charge in [0.05, 0.1) is 31.2 Å². The normalized spacial score (nSPS) is 13.1. The number of hydrogen-bond acceptors (Lipinski definition) is 7. The Balaban J connectivity index is 1.53. The molecule has 2 heterocycles. The number of fused-ring (bicyclic) bond motifs is 1. The molecule has 0 saturated heterocycles. The molecule has 1 aliphatic carbocycles. The largest absolute Gasteiger partial charge is 0.497 e. The molecule has 0 radical (unpaired) electrons. The van der Waals surface area contributed by atoms with Crippen molar-refractivity contribution in [1.29, 1.82) is 0 Å². The highest BCUT2D eigenvalue weighted by atomic mass is 32.2. The van der Waals surface area contributed by atoms with Crippen LogP contribution >= 0.6 is 11.8 Å². The molecule has 0 unspecified atom stereocenters. The molecule has 32 heavy (non-hydrogen) atoms. The van der Waals surface area contributed by atoms with Gasteiger partial charge >= 0.3 is 0 Å². The van der Waals surface area contributed by atoms with Gasteiger partial charge < -0.3 is 14.0 Å². The standard InChI is InChI=1S/C24H24N4O3S/c1-29-17-13-11-16(12-14-17)28-23(19-8-4-5-9-21(19)30-2)25-26-24(28)32-15-20-18-7-3-6-10-22(18)31-27-20/h4-5,8-9,11-14H,3,6-7,10,15H2,1-2H3. The van der Waals surface area contributed by atoms with Gasteiger partial charge in [0.15, 0.2) is 11.0 Å². The maximum Gasteiger partial charge on any atom is 0.196 e. The van der Waals surface area contributed by atoms with E-state index in [0.29, 0.717) is 5.75 Å². The number of methoxy groups -OCH3 is 2. The van der Waals surface area contributed by atoms with Crippen LogP contribution < -0.4 is 9.47 Å². The van der Waals surface area contributed by atoms with Crippen molar-refractivity contribution in [2.24, 2.45) is 0 Å². The van der Waals surface area contributed by atoms with E-state index in [2.05, 4.69) is 19.9 Å². The fourth-order valence-electron chi connectivity index (χ4n) is 4.03. The molecule has 0 N–H and O–H groups in total. The topological polar surface area (TPSA) is 75.2 Å². The van der Waals surface area contributed by atoms with E-state index in [1.807, 2.05) is 48.5 Å². The van der Waals surface area contributed by atoms with Crippen LogP contribution in [0.25, 0.3) is 17.1 Å². The van der Waals surface area contributed by atoms with Gasteiger partial charge in [0.2, 0.25) is 0 Å². The Morgan fingerprint density at radius 2 is 1.78 bits per heavy atom. The van der Waals surface area contributed by atoms with Crippen molar-refractivity contribution < 1.29 is 14.0 Å². The van der Waals surface area contributed by atoms with Crippen molar-refractivity contribution >= 4 is 11.8 Å². The predicted molar refractivity (Wildman–Crippen MR) is 123 cm³/mol. The Morgan fingerprint density at radius 1 is 0.969 bits per heavy atom. The molecule has 7 nitrogen and oxygen atoms in total. The number of aromatic nitrogens is 4. The quantitative estimate of drug-likeness (QED) is 0.364. The van der Waals surface area contributed by atoms with Gasteiger partial charge in [-0.3, -0.25) is 4.57 Å². The fourth-order valence-corrected chi connectivity index (χ4v) is 4.94. The second-order valence-electron chi connectivity index (χ2n) is 7.57. The third-order valence-corrected chi connectivity index (χ3v) is 6.62. The van der Waals surface area contributed by atoms with E-state index < -0.39 is 0 Å². The van der Waals surface area contributed by atoms with Gasteiger partial charge in [0.25, 0.3) is 0 Å². The van der Waals surface area contributed by atoms with Crippen molar-refractivity contribution in [3.63, 3.8) is 0 Å². The van der Waals surface area contributed by atoms with Crippen molar-refractivity contribution in [3.05, 3.63) is 65.5 Å². The second kappa shape index (κ2) is 9.08. The average molecular weight is 449 g/mol. The number of nitrogens with zero attached hydrogens (tertiary/aromatic N) is 4. The zero-order valence-electron chi connectivity index (χ0n) is 18.1. The van der Waals surface area contributed by atoms with E-state index in [-0.39, 0.29) is 0 Å². The lowest BCUT2D eigenvalue weighted by molar-refractivity contribution is 0.369. The van der Waals surface area contributed by atoms with Gasteiger partial charge in [-0.2, -0.15) is 0 Å². The van der Waals surface area contributed by atoms with E-state index in [1.54, 1.807) is 26.0 Å². The fraction of sp³-hybridized carbons (Fsp3) is 0.292. The molecule has 0 aliphatic heterocycles. The summed E-state index contributed by atoms with van der Waals surface area (Å²) in [6.07, 6.45) is 4.37. The van der Waals surface area contributed by atoms with Crippen LogP contribution in [0.1, 0.15) is 29.9 Å². The summed E-state index contributed by atoms with van der Waals surface area (Å²) in [6, 6.07) is 15.7. The molecule has 8 heteroatoms. The zero-order valence-corrected chi connectivity index (χ0v) is 18.9. The molecule has 0 bridgehead atoms. The zero-order chi connectivity index (χ0) is 21.9. The van der Waals surface area contributed by atoms with Crippen molar-refractivity contribution in [2.75, 3.05) is 14.2 Å². The van der Waals surface area contributed by atoms with Crippen molar-refractivity contribution in [1.82, 2.24) is 19.9 Å². The number of benzene rings is 2. The maximum absolute atomic E-state index is 5.59. The Morgan fingerprint density at radius 3 is 2.59 bits per heavy atom. The van der Waals surface area contributed by atoms with Gasteiger partial charge in [-0.05, 0) is 55.7 Å². The first-order chi connectivity index (χ1) is 15.8. The molecule has 2 aromatic heterocycles. The predicted octanol–water partition coefficient (Wildman–Crippen LogP) is 5.11. The smallest absolute Gasteiger partial charge is 0.196 e. The van der Waals surface area contributed by atoms with Crippen LogP contribution in [0, 0.1) is 0 Å². The third kappa shape index (κ3) is 3.86. The maximum atomic E-state index is 5.59. The molecule has 1 aliphatic rings. The minimum atomic E-state index is 0.680. The molecule has 2 aromatic carbocycles. The highest BCUT2D eigenvalue weighted by molar-refractivity contribution is 7.98. The molecule has 0 amide bonds. The van der Waals surface area contributed by atoms with Gasteiger partial charge in [-0.25, -0.2) is 0 Å². The second-order valence-corrected chi connectivity index (χ2v) is 8.51. The van der Waals surface area contributed by atoms with Crippen LogP contribution in [0.3, 0.4) is 0 Å². The monoisotopic (exact) mass is 448 g/mol. The van der Waals surface area contributed by atoms with Crippen molar-refractivity contribution in [2.45, 2.75) is 36.6 Å². The lowest BCUT2D eigenvalue weighted by atomic mass is 9.97. The summed E-state index contributed by atoms with van der Waals surface area (Å²) < 4.78 is 18.6. The number of aryl methyl sites for hydroxylation is 1. The molecular weight excluding hydrogens is 424 g/mol. The van der Waals surface area contributed by atoms with Crippen LogP contribution in [0.4, 0.5) is 0 Å². The van der Waals surface area contributed by atoms with Crippen LogP contribution in [0.5, 0.6) is 11.5 Å². The van der Waals surface area contributed by atoms with E-state index in [9.17, 15) is 0 Å². The summed E-state index contributed by atoms with van der Waals surface area (Å²) in [6.45, 7) is 0. The summed E-state index contributed by atoms with van der Waals surface area (Å²) in [5, 5.41) is 14.2. The molecule has 0 fully saturated rings. The summed E-state index contributed by atoms with van der Waals surface area (Å²) in [7, 11) is 3.32. The van der Waals surface area contributed by atoms with Crippen LogP contribution in [-0.4, -0.2) is 34.1 Å². The highest BCUT2D eigenvalue weighted by Crippen LogP contribution is 2.35. The molecule has 0 spiro atoms. The lowest BCUT2D eigenvalue weighted by Crippen LogP contribution is -2.03. The van der Waals surface area contributed by atoms with Gasteiger partial charge in [0, 0.05) is 17.7 Å².